The number of benzene rings is 2. The summed E-state index contributed by atoms with van der Waals surface area (Å²) in [5.41, 5.74) is -0.0294. The third kappa shape index (κ3) is 6.96. The van der Waals surface area contributed by atoms with Gasteiger partial charge in [0.25, 0.3) is 5.91 Å². The number of aliphatic hydroxyl groups is 1. The molecule has 0 unspecified atom stereocenters. The molecule has 0 aliphatic carbocycles. The van der Waals surface area contributed by atoms with Crippen molar-refractivity contribution >= 4 is 18.0 Å². The van der Waals surface area contributed by atoms with Crippen molar-refractivity contribution in [2.75, 3.05) is 6.61 Å². The number of esters is 1. The number of carbonyl (C=O) groups is 3. The second-order valence-corrected chi connectivity index (χ2v) is 10.6. The Morgan fingerprint density at radius 3 is 2.32 bits per heavy atom. The molecule has 2 aromatic rings. The Kier molecular flexibility index (Phi) is 9.10. The molecule has 8 heteroatoms. The minimum Gasteiger partial charge on any atom is -0.456 e. The fourth-order valence-electron chi connectivity index (χ4n) is 4.43. The number of nitrogens with one attached hydrogen (secondary N) is 1. The van der Waals surface area contributed by atoms with Crippen LogP contribution in [0.15, 0.2) is 54.6 Å². The van der Waals surface area contributed by atoms with E-state index in [4.69, 9.17) is 9.47 Å². The van der Waals surface area contributed by atoms with E-state index in [1.807, 2.05) is 58.0 Å². The van der Waals surface area contributed by atoms with Gasteiger partial charge in [-0.2, -0.15) is 0 Å². The molecule has 1 aliphatic rings. The summed E-state index contributed by atoms with van der Waals surface area (Å²) in [4.78, 5) is 40.2. The van der Waals surface area contributed by atoms with E-state index in [0.717, 1.165) is 22.4 Å². The quantitative estimate of drug-likeness (QED) is 0.461. The number of amides is 2. The van der Waals surface area contributed by atoms with Crippen LogP contribution in [0.1, 0.15) is 68.9 Å². The number of imide groups is 1. The third-order valence-corrected chi connectivity index (χ3v) is 6.42. The van der Waals surface area contributed by atoms with Gasteiger partial charge in [-0.1, -0.05) is 55.8 Å². The highest BCUT2D eigenvalue weighted by Crippen LogP contribution is 2.27. The summed E-state index contributed by atoms with van der Waals surface area (Å²) in [5.74, 6) is -0.934. The molecule has 3 rings (SSSR count). The monoisotopic (exact) mass is 510 g/mol. The molecular weight excluding hydrogens is 472 g/mol. The molecule has 2 aromatic carbocycles. The van der Waals surface area contributed by atoms with Crippen LogP contribution in [-0.2, 0) is 27.2 Å². The van der Waals surface area contributed by atoms with Gasteiger partial charge in [-0.15, -0.1) is 0 Å². The Balaban J connectivity index is 1.89. The lowest BCUT2D eigenvalue weighted by molar-refractivity contribution is -0.141. The molecule has 0 saturated carbocycles. The second-order valence-electron chi connectivity index (χ2n) is 10.6. The van der Waals surface area contributed by atoms with Crippen molar-refractivity contribution in [1.82, 2.24) is 10.2 Å². The maximum Gasteiger partial charge on any atom is 0.417 e. The van der Waals surface area contributed by atoms with E-state index in [0.29, 0.717) is 12.0 Å². The minimum absolute atomic E-state index is 0.145. The van der Waals surface area contributed by atoms with Crippen molar-refractivity contribution in [2.45, 2.75) is 83.7 Å². The summed E-state index contributed by atoms with van der Waals surface area (Å²) < 4.78 is 10.6. The molecule has 0 bridgehead atoms. The molecule has 0 radical (unpaired) electrons. The molecule has 1 heterocycles. The molecule has 1 fully saturated rings. The van der Waals surface area contributed by atoms with Crippen LogP contribution in [0.2, 0.25) is 0 Å². The summed E-state index contributed by atoms with van der Waals surface area (Å²) >= 11 is 0. The van der Waals surface area contributed by atoms with Gasteiger partial charge in [0.2, 0.25) is 0 Å². The number of aliphatic hydroxyl groups excluding tert-OH is 1. The maximum atomic E-state index is 14.0. The molecule has 37 heavy (non-hydrogen) atoms. The van der Waals surface area contributed by atoms with Gasteiger partial charge in [0.15, 0.2) is 0 Å². The number of carbonyl (C=O) groups excluding carboxylic acids is 3. The predicted octanol–water partition coefficient (Wildman–Crippen LogP) is 4.24. The van der Waals surface area contributed by atoms with Gasteiger partial charge in [-0.25, -0.2) is 14.5 Å². The van der Waals surface area contributed by atoms with Gasteiger partial charge in [-0.3, -0.25) is 10.1 Å². The number of hydrogen-bond acceptors (Lipinski definition) is 7. The Morgan fingerprint density at radius 1 is 1.11 bits per heavy atom. The molecule has 200 valence electrons. The predicted molar refractivity (Wildman–Crippen MR) is 140 cm³/mol. The van der Waals surface area contributed by atoms with Crippen LogP contribution in [0.4, 0.5) is 4.79 Å². The number of rotatable bonds is 10. The average molecular weight is 511 g/mol. The standard InChI is InChI=1S/C29H38N2O6/c1-6-10-24-19-36-27(35)31(24)26(34)29(20(2)32,17-21-11-8-7-9-12-21)30-18-22-13-15-23(16-14-22)25(33)37-28(3,4)5/h7-9,11-16,20,24,30,32H,6,10,17-19H2,1-5H3/t20-,24-,29-/m1/s1. The van der Waals surface area contributed by atoms with Crippen molar-refractivity contribution in [1.29, 1.82) is 0 Å². The summed E-state index contributed by atoms with van der Waals surface area (Å²) in [5, 5.41) is 14.3. The van der Waals surface area contributed by atoms with Gasteiger partial charge in [-0.05, 0) is 57.4 Å². The average Bonchev–Trinajstić information content (AvgIpc) is 3.21. The van der Waals surface area contributed by atoms with Crippen LogP contribution in [0.5, 0.6) is 0 Å². The highest BCUT2D eigenvalue weighted by Gasteiger charge is 2.51. The maximum absolute atomic E-state index is 14.0. The van der Waals surface area contributed by atoms with Crippen molar-refractivity contribution in [3.8, 4) is 0 Å². The fourth-order valence-corrected chi connectivity index (χ4v) is 4.43. The summed E-state index contributed by atoms with van der Waals surface area (Å²) in [7, 11) is 0. The van der Waals surface area contributed by atoms with Crippen LogP contribution < -0.4 is 5.32 Å². The molecule has 1 aliphatic heterocycles. The van der Waals surface area contributed by atoms with Gasteiger partial charge in [0.05, 0.1) is 17.7 Å². The SMILES string of the molecule is CCC[C@@H]1COC(=O)N1C(=O)[C@](Cc1ccccc1)(NCc1ccc(C(=O)OC(C)(C)C)cc1)[C@@H](C)O. The highest BCUT2D eigenvalue weighted by atomic mass is 16.6. The molecule has 0 aromatic heterocycles. The molecule has 0 spiro atoms. The molecule has 1 saturated heterocycles. The van der Waals surface area contributed by atoms with Crippen LogP contribution in [0, 0.1) is 0 Å². The topological polar surface area (TPSA) is 105 Å². The first-order valence-corrected chi connectivity index (χ1v) is 12.8. The number of nitrogens with zero attached hydrogens (tertiary/aromatic N) is 1. The zero-order chi connectivity index (χ0) is 27.2. The van der Waals surface area contributed by atoms with E-state index < -0.39 is 35.2 Å². The van der Waals surface area contributed by atoms with E-state index in [2.05, 4.69) is 5.32 Å². The highest BCUT2D eigenvalue weighted by molar-refractivity contribution is 5.99. The Morgan fingerprint density at radius 2 is 1.76 bits per heavy atom. The van der Waals surface area contributed by atoms with Crippen molar-refractivity contribution in [3.63, 3.8) is 0 Å². The van der Waals surface area contributed by atoms with Crippen molar-refractivity contribution in [3.05, 3.63) is 71.3 Å². The second kappa shape index (κ2) is 11.9. The smallest absolute Gasteiger partial charge is 0.417 e. The normalized spacial score (nSPS) is 18.2. The zero-order valence-corrected chi connectivity index (χ0v) is 22.3. The first-order chi connectivity index (χ1) is 17.5. The van der Waals surface area contributed by atoms with E-state index in [1.165, 1.54) is 0 Å². The first-order valence-electron chi connectivity index (χ1n) is 12.8. The number of hydrogen-bond donors (Lipinski definition) is 2. The minimum atomic E-state index is -1.49. The van der Waals surface area contributed by atoms with E-state index in [1.54, 1.807) is 31.2 Å². The summed E-state index contributed by atoms with van der Waals surface area (Å²) in [6.07, 6.45) is -0.251. The molecule has 2 N–H and O–H groups in total. The third-order valence-electron chi connectivity index (χ3n) is 6.42. The lowest BCUT2D eigenvalue weighted by Crippen LogP contribution is -2.66. The van der Waals surface area contributed by atoms with E-state index >= 15 is 0 Å². The zero-order valence-electron chi connectivity index (χ0n) is 22.3. The van der Waals surface area contributed by atoms with Crippen LogP contribution in [0.25, 0.3) is 0 Å². The number of ether oxygens (including phenoxy) is 2. The Hall–Kier alpha value is -3.23. The molecule has 8 nitrogen and oxygen atoms in total. The molecular formula is C29H38N2O6. The lowest BCUT2D eigenvalue weighted by atomic mass is 9.83. The van der Waals surface area contributed by atoms with Crippen LogP contribution in [0.3, 0.4) is 0 Å². The molecule has 3 atom stereocenters. The van der Waals surface area contributed by atoms with Gasteiger partial charge >= 0.3 is 12.1 Å². The Labute approximate surface area is 219 Å². The summed E-state index contributed by atoms with van der Waals surface area (Å²) in [6, 6.07) is 15.9. The van der Waals surface area contributed by atoms with Gasteiger partial charge in [0, 0.05) is 13.0 Å². The largest absolute Gasteiger partial charge is 0.456 e. The first kappa shape index (κ1) is 28.3. The lowest BCUT2D eigenvalue weighted by Gasteiger charge is -2.39. The number of cyclic esters (lactones) is 1. The Bertz CT molecular complexity index is 1080. The van der Waals surface area contributed by atoms with E-state index in [9.17, 15) is 19.5 Å². The van der Waals surface area contributed by atoms with Gasteiger partial charge < -0.3 is 14.6 Å². The van der Waals surface area contributed by atoms with Crippen molar-refractivity contribution in [2.24, 2.45) is 0 Å². The fraction of sp³-hybridized carbons (Fsp3) is 0.483. The van der Waals surface area contributed by atoms with Crippen molar-refractivity contribution < 1.29 is 29.0 Å². The van der Waals surface area contributed by atoms with Gasteiger partial charge in [0.1, 0.15) is 17.7 Å². The van der Waals surface area contributed by atoms with Crippen LogP contribution >= 0.6 is 0 Å². The van der Waals surface area contributed by atoms with Crippen LogP contribution in [-0.4, -0.2) is 57.9 Å². The van der Waals surface area contributed by atoms with E-state index in [-0.39, 0.29) is 25.6 Å². The molecule has 2 amide bonds. The summed E-state index contributed by atoms with van der Waals surface area (Å²) in [6.45, 7) is 9.33.